The van der Waals surface area contributed by atoms with Crippen molar-refractivity contribution >= 4 is 5.96 Å². The zero-order valence-electron chi connectivity index (χ0n) is 17.3. The average molecular weight is 411 g/mol. The Bertz CT molecular complexity index is 1000. The fourth-order valence-corrected chi connectivity index (χ4v) is 3.56. The number of aromatic nitrogens is 5. The number of hydrogen-bond acceptors (Lipinski definition) is 4. The maximum atomic E-state index is 13.1. The lowest BCUT2D eigenvalue weighted by atomic mass is 10.1. The fraction of sp³-hybridized carbons (Fsp3) is 0.429. The third kappa shape index (κ3) is 4.67. The molecule has 1 aliphatic rings. The Morgan fingerprint density at radius 3 is 2.83 bits per heavy atom. The molecule has 0 spiro atoms. The lowest BCUT2D eigenvalue weighted by Gasteiger charge is -2.25. The Morgan fingerprint density at radius 2 is 2.07 bits per heavy atom. The van der Waals surface area contributed by atoms with Crippen molar-refractivity contribution < 1.29 is 4.39 Å². The lowest BCUT2D eigenvalue weighted by Crippen LogP contribution is -2.47. The van der Waals surface area contributed by atoms with Gasteiger partial charge in [0.2, 0.25) is 0 Å². The summed E-state index contributed by atoms with van der Waals surface area (Å²) in [5.74, 6) is 2.51. The number of rotatable bonds is 6. The third-order valence-corrected chi connectivity index (χ3v) is 5.19. The minimum Gasteiger partial charge on any atom is -0.356 e. The molecule has 1 aromatic carbocycles. The summed E-state index contributed by atoms with van der Waals surface area (Å²) >= 11 is 0. The van der Waals surface area contributed by atoms with Gasteiger partial charge in [-0.2, -0.15) is 10.2 Å². The first-order chi connectivity index (χ1) is 14.6. The zero-order valence-corrected chi connectivity index (χ0v) is 17.3. The minimum atomic E-state index is -0.252. The summed E-state index contributed by atoms with van der Waals surface area (Å²) in [4.78, 5) is 8.90. The maximum absolute atomic E-state index is 13.1. The van der Waals surface area contributed by atoms with Crippen LogP contribution in [0.5, 0.6) is 0 Å². The average Bonchev–Trinajstić information content (AvgIpc) is 3.40. The van der Waals surface area contributed by atoms with Crippen LogP contribution in [0.2, 0.25) is 0 Å². The van der Waals surface area contributed by atoms with E-state index in [1.807, 2.05) is 16.9 Å². The Kier molecular flexibility index (Phi) is 6.06. The summed E-state index contributed by atoms with van der Waals surface area (Å²) in [5.41, 5.74) is 1.79. The number of aliphatic imine (C=N–C) groups is 1. The van der Waals surface area contributed by atoms with Gasteiger partial charge in [0.1, 0.15) is 11.6 Å². The predicted octanol–water partition coefficient (Wildman–Crippen LogP) is 1.89. The molecule has 1 unspecified atom stereocenters. The second-order valence-electron chi connectivity index (χ2n) is 7.34. The van der Waals surface area contributed by atoms with Crippen LogP contribution >= 0.6 is 0 Å². The molecule has 0 saturated heterocycles. The molecule has 4 rings (SSSR count). The van der Waals surface area contributed by atoms with E-state index in [9.17, 15) is 4.39 Å². The van der Waals surface area contributed by atoms with E-state index in [2.05, 4.69) is 37.7 Å². The highest BCUT2D eigenvalue weighted by molar-refractivity contribution is 5.79. The van der Waals surface area contributed by atoms with E-state index in [4.69, 9.17) is 0 Å². The second-order valence-corrected chi connectivity index (χ2v) is 7.34. The first-order valence-corrected chi connectivity index (χ1v) is 10.3. The molecule has 8 nitrogen and oxygen atoms in total. The number of benzene rings is 1. The highest BCUT2D eigenvalue weighted by Gasteiger charge is 2.22. The molecule has 0 radical (unpaired) electrons. The molecule has 0 amide bonds. The molecule has 2 N–H and O–H groups in total. The highest BCUT2D eigenvalue weighted by atomic mass is 19.1. The number of aryl methyl sites for hydroxylation is 2. The molecular formula is C21H27FN8. The summed E-state index contributed by atoms with van der Waals surface area (Å²) < 4.78 is 16.8. The first-order valence-electron chi connectivity index (χ1n) is 10.3. The van der Waals surface area contributed by atoms with Crippen molar-refractivity contribution in [2.24, 2.45) is 4.99 Å². The lowest BCUT2D eigenvalue weighted by molar-refractivity contribution is 0.392. The first kappa shape index (κ1) is 20.1. The molecule has 0 bridgehead atoms. The van der Waals surface area contributed by atoms with Gasteiger partial charge in [0.05, 0.1) is 17.9 Å². The van der Waals surface area contributed by atoms with E-state index in [1.165, 1.54) is 12.1 Å². The normalized spacial score (nSPS) is 16.4. The molecule has 1 atom stereocenters. The molecule has 158 valence electrons. The molecule has 0 fully saturated rings. The van der Waals surface area contributed by atoms with E-state index in [0.717, 1.165) is 61.2 Å². The van der Waals surface area contributed by atoms with Gasteiger partial charge in [-0.25, -0.2) is 18.7 Å². The van der Waals surface area contributed by atoms with Crippen LogP contribution in [0.15, 0.2) is 41.5 Å². The quantitative estimate of drug-likeness (QED) is 0.479. The SMILES string of the molecule is CCc1nc2n(n1)CC(NC(=NC)NCCc1ccn(-c3ccc(F)cc3)n1)CC2. The number of fused-ring (bicyclic) bond motifs is 1. The van der Waals surface area contributed by atoms with Crippen LogP contribution in [-0.2, 0) is 25.8 Å². The molecule has 2 aromatic heterocycles. The Morgan fingerprint density at radius 1 is 1.23 bits per heavy atom. The Hall–Kier alpha value is -3.23. The molecule has 3 aromatic rings. The maximum Gasteiger partial charge on any atom is 0.191 e. The van der Waals surface area contributed by atoms with Gasteiger partial charge in [-0.05, 0) is 36.8 Å². The van der Waals surface area contributed by atoms with E-state index in [0.29, 0.717) is 6.54 Å². The van der Waals surface area contributed by atoms with Gasteiger partial charge in [-0.3, -0.25) is 4.99 Å². The molecule has 3 heterocycles. The Labute approximate surface area is 175 Å². The predicted molar refractivity (Wildman–Crippen MR) is 113 cm³/mol. The van der Waals surface area contributed by atoms with Crippen molar-refractivity contribution in [3.8, 4) is 5.69 Å². The van der Waals surface area contributed by atoms with Crippen molar-refractivity contribution in [2.45, 2.75) is 45.2 Å². The molecule has 30 heavy (non-hydrogen) atoms. The van der Waals surface area contributed by atoms with Crippen LogP contribution in [0.4, 0.5) is 4.39 Å². The van der Waals surface area contributed by atoms with Crippen LogP contribution in [0.3, 0.4) is 0 Å². The number of nitrogens with zero attached hydrogens (tertiary/aromatic N) is 6. The van der Waals surface area contributed by atoms with Crippen LogP contribution in [0.1, 0.15) is 30.7 Å². The third-order valence-electron chi connectivity index (χ3n) is 5.19. The highest BCUT2D eigenvalue weighted by Crippen LogP contribution is 2.13. The standard InChI is InChI=1S/C21H27FN8/c1-3-19-26-20-9-6-17(14-30(20)28-19)25-21(23-2)24-12-10-16-11-13-29(27-16)18-7-4-15(22)5-8-18/h4-5,7-8,11,13,17H,3,6,9-10,12,14H2,1-2H3,(H2,23,24,25). The molecular weight excluding hydrogens is 383 g/mol. The van der Waals surface area contributed by atoms with Crippen molar-refractivity contribution in [3.05, 3.63) is 59.7 Å². The van der Waals surface area contributed by atoms with Crippen LogP contribution in [0.25, 0.3) is 5.69 Å². The second kappa shape index (κ2) is 9.06. The van der Waals surface area contributed by atoms with Gasteiger partial charge in [0.25, 0.3) is 0 Å². The molecule has 0 saturated carbocycles. The van der Waals surface area contributed by atoms with Crippen molar-refractivity contribution in [2.75, 3.05) is 13.6 Å². The summed E-state index contributed by atoms with van der Waals surface area (Å²) in [6.45, 7) is 3.58. The van der Waals surface area contributed by atoms with Crippen molar-refractivity contribution in [3.63, 3.8) is 0 Å². The molecule has 1 aliphatic heterocycles. The van der Waals surface area contributed by atoms with Crippen LogP contribution in [0, 0.1) is 5.82 Å². The largest absolute Gasteiger partial charge is 0.356 e. The summed E-state index contributed by atoms with van der Waals surface area (Å²) in [7, 11) is 1.78. The monoisotopic (exact) mass is 410 g/mol. The summed E-state index contributed by atoms with van der Waals surface area (Å²) in [6.07, 6.45) is 5.43. The zero-order chi connectivity index (χ0) is 20.9. The summed E-state index contributed by atoms with van der Waals surface area (Å²) in [5, 5.41) is 16.0. The van der Waals surface area contributed by atoms with Gasteiger partial charge >= 0.3 is 0 Å². The van der Waals surface area contributed by atoms with Crippen molar-refractivity contribution in [1.29, 1.82) is 0 Å². The van der Waals surface area contributed by atoms with Crippen LogP contribution < -0.4 is 10.6 Å². The fourth-order valence-electron chi connectivity index (χ4n) is 3.56. The van der Waals surface area contributed by atoms with Crippen LogP contribution in [-0.4, -0.2) is 50.1 Å². The summed E-state index contributed by atoms with van der Waals surface area (Å²) in [6, 6.07) is 8.54. The van der Waals surface area contributed by atoms with E-state index in [1.54, 1.807) is 23.9 Å². The number of halogens is 1. The number of guanidine groups is 1. The minimum absolute atomic E-state index is 0.252. The topological polar surface area (TPSA) is 85.0 Å². The van der Waals surface area contributed by atoms with Gasteiger partial charge in [0.15, 0.2) is 11.8 Å². The van der Waals surface area contributed by atoms with Gasteiger partial charge in [0, 0.05) is 45.1 Å². The van der Waals surface area contributed by atoms with Gasteiger partial charge < -0.3 is 10.6 Å². The van der Waals surface area contributed by atoms with Gasteiger partial charge in [-0.15, -0.1) is 0 Å². The number of hydrogen-bond donors (Lipinski definition) is 2. The van der Waals surface area contributed by atoms with Gasteiger partial charge in [-0.1, -0.05) is 6.92 Å². The molecule has 0 aliphatic carbocycles. The van der Waals surface area contributed by atoms with Crippen molar-refractivity contribution in [1.82, 2.24) is 35.2 Å². The Balaban J connectivity index is 1.27. The molecule has 9 heteroatoms. The smallest absolute Gasteiger partial charge is 0.191 e. The number of nitrogens with one attached hydrogen (secondary N) is 2. The van der Waals surface area contributed by atoms with E-state index >= 15 is 0 Å². The van der Waals surface area contributed by atoms with E-state index in [-0.39, 0.29) is 11.9 Å². The van der Waals surface area contributed by atoms with E-state index < -0.39 is 0 Å².